The van der Waals surface area contributed by atoms with Gasteiger partial charge in [-0.05, 0) is 32.1 Å². The summed E-state index contributed by atoms with van der Waals surface area (Å²) >= 11 is 0. The van der Waals surface area contributed by atoms with Crippen LogP contribution < -0.4 is 5.32 Å². The van der Waals surface area contributed by atoms with Gasteiger partial charge in [-0.1, -0.05) is 13.0 Å². The van der Waals surface area contributed by atoms with Gasteiger partial charge in [-0.15, -0.1) is 0 Å². The number of rotatable bonds is 8. The molecule has 0 saturated carbocycles. The Kier molecular flexibility index (Phi) is 5.90. The van der Waals surface area contributed by atoms with Crippen molar-refractivity contribution in [3.05, 3.63) is 47.8 Å². The standard InChI is InChI=1S/C16H25N5/c1-4-8-17-11-14-6-5-7-15(19-14)12-20(2)13-16-18-9-10-21(16)3/h5-7,9-10,17H,4,8,11-13H2,1-3H3. The van der Waals surface area contributed by atoms with E-state index < -0.39 is 0 Å². The van der Waals surface area contributed by atoms with Crippen LogP contribution in [0.25, 0.3) is 0 Å². The molecule has 0 aliphatic carbocycles. The van der Waals surface area contributed by atoms with E-state index in [2.05, 4.69) is 51.9 Å². The molecule has 0 bridgehead atoms. The molecule has 2 aromatic heterocycles. The van der Waals surface area contributed by atoms with Gasteiger partial charge in [0.15, 0.2) is 0 Å². The van der Waals surface area contributed by atoms with Gasteiger partial charge >= 0.3 is 0 Å². The summed E-state index contributed by atoms with van der Waals surface area (Å²) in [6, 6.07) is 6.24. The van der Waals surface area contributed by atoms with E-state index in [1.807, 2.05) is 19.4 Å². The zero-order chi connectivity index (χ0) is 15.1. The van der Waals surface area contributed by atoms with Crippen molar-refractivity contribution in [1.29, 1.82) is 0 Å². The minimum Gasteiger partial charge on any atom is -0.337 e. The van der Waals surface area contributed by atoms with Crippen LogP contribution in [-0.2, 0) is 26.7 Å². The number of aromatic nitrogens is 3. The molecule has 0 fully saturated rings. The third kappa shape index (κ3) is 4.95. The molecule has 5 nitrogen and oxygen atoms in total. The summed E-state index contributed by atoms with van der Waals surface area (Å²) in [5.41, 5.74) is 2.20. The second kappa shape index (κ2) is 7.90. The highest BCUT2D eigenvalue weighted by atomic mass is 15.2. The van der Waals surface area contributed by atoms with E-state index in [-0.39, 0.29) is 0 Å². The number of imidazole rings is 1. The van der Waals surface area contributed by atoms with E-state index in [4.69, 9.17) is 4.98 Å². The van der Waals surface area contributed by atoms with Crippen LogP contribution in [0.5, 0.6) is 0 Å². The molecule has 0 amide bonds. The van der Waals surface area contributed by atoms with Crippen molar-refractivity contribution < 1.29 is 0 Å². The van der Waals surface area contributed by atoms with Crippen LogP contribution in [0.2, 0.25) is 0 Å². The Hall–Kier alpha value is -1.72. The molecule has 0 aromatic carbocycles. The molecule has 0 atom stereocenters. The summed E-state index contributed by atoms with van der Waals surface area (Å²) in [6.07, 6.45) is 4.95. The molecule has 0 aliphatic rings. The minimum atomic E-state index is 0.823. The van der Waals surface area contributed by atoms with E-state index in [9.17, 15) is 0 Å². The smallest absolute Gasteiger partial charge is 0.122 e. The van der Waals surface area contributed by atoms with E-state index in [0.29, 0.717) is 0 Å². The molecule has 0 spiro atoms. The Morgan fingerprint density at radius 2 is 2.05 bits per heavy atom. The van der Waals surface area contributed by atoms with Gasteiger partial charge in [-0.3, -0.25) is 9.88 Å². The third-order valence-electron chi connectivity index (χ3n) is 3.36. The zero-order valence-electron chi connectivity index (χ0n) is 13.2. The summed E-state index contributed by atoms with van der Waals surface area (Å²) in [4.78, 5) is 11.3. The quantitative estimate of drug-likeness (QED) is 0.754. The number of hydrogen-bond donors (Lipinski definition) is 1. The van der Waals surface area contributed by atoms with Gasteiger partial charge in [-0.25, -0.2) is 4.98 Å². The van der Waals surface area contributed by atoms with Crippen LogP contribution in [0, 0.1) is 0 Å². The average Bonchev–Trinajstić information content (AvgIpc) is 2.85. The van der Waals surface area contributed by atoms with E-state index in [1.165, 1.54) is 0 Å². The number of pyridine rings is 1. The fourth-order valence-electron chi connectivity index (χ4n) is 2.23. The van der Waals surface area contributed by atoms with E-state index >= 15 is 0 Å². The van der Waals surface area contributed by atoms with Crippen molar-refractivity contribution in [2.45, 2.75) is 33.0 Å². The molecule has 0 aliphatic heterocycles. The Labute approximate surface area is 127 Å². The maximum Gasteiger partial charge on any atom is 0.122 e. The lowest BCUT2D eigenvalue weighted by atomic mass is 10.3. The number of nitrogens with one attached hydrogen (secondary N) is 1. The number of hydrogen-bond acceptors (Lipinski definition) is 4. The molecule has 0 saturated heterocycles. The molecule has 0 unspecified atom stereocenters. The van der Waals surface area contributed by atoms with Crippen LogP contribution in [0.15, 0.2) is 30.6 Å². The van der Waals surface area contributed by atoms with Crippen molar-refractivity contribution in [2.24, 2.45) is 7.05 Å². The van der Waals surface area contributed by atoms with Crippen LogP contribution >= 0.6 is 0 Å². The van der Waals surface area contributed by atoms with Gasteiger partial charge in [-0.2, -0.15) is 0 Å². The lowest BCUT2D eigenvalue weighted by Gasteiger charge is -2.16. The first-order chi connectivity index (χ1) is 10.2. The van der Waals surface area contributed by atoms with Crippen molar-refractivity contribution in [1.82, 2.24) is 24.8 Å². The predicted molar refractivity (Wildman–Crippen MR) is 84.6 cm³/mol. The molecule has 2 rings (SSSR count). The largest absolute Gasteiger partial charge is 0.337 e. The highest BCUT2D eigenvalue weighted by Crippen LogP contribution is 2.06. The molecule has 21 heavy (non-hydrogen) atoms. The highest BCUT2D eigenvalue weighted by molar-refractivity contribution is 5.11. The molecular weight excluding hydrogens is 262 g/mol. The lowest BCUT2D eigenvalue weighted by Crippen LogP contribution is -2.21. The molecule has 114 valence electrons. The van der Waals surface area contributed by atoms with Gasteiger partial charge in [0.25, 0.3) is 0 Å². The van der Waals surface area contributed by atoms with E-state index in [1.54, 1.807) is 0 Å². The zero-order valence-corrected chi connectivity index (χ0v) is 13.2. The van der Waals surface area contributed by atoms with Gasteiger partial charge in [0, 0.05) is 32.5 Å². The lowest BCUT2D eigenvalue weighted by molar-refractivity contribution is 0.303. The first kappa shape index (κ1) is 15.7. The average molecular weight is 287 g/mol. The summed E-state index contributed by atoms with van der Waals surface area (Å²) in [5.74, 6) is 1.07. The van der Waals surface area contributed by atoms with Gasteiger partial charge in [0.1, 0.15) is 5.82 Å². The summed E-state index contributed by atoms with van der Waals surface area (Å²) in [5, 5.41) is 3.39. The Bertz CT molecular complexity index is 549. The number of aryl methyl sites for hydroxylation is 1. The van der Waals surface area contributed by atoms with Crippen molar-refractivity contribution in [3.8, 4) is 0 Å². The highest BCUT2D eigenvalue weighted by Gasteiger charge is 2.06. The maximum absolute atomic E-state index is 4.70. The SMILES string of the molecule is CCCNCc1cccc(CN(C)Cc2nccn2C)n1. The monoisotopic (exact) mass is 287 g/mol. The molecule has 2 aromatic rings. The second-order valence-corrected chi connectivity index (χ2v) is 5.42. The fourth-order valence-corrected chi connectivity index (χ4v) is 2.23. The summed E-state index contributed by atoms with van der Waals surface area (Å²) in [7, 11) is 4.12. The first-order valence-electron chi connectivity index (χ1n) is 7.49. The number of nitrogens with zero attached hydrogens (tertiary/aromatic N) is 4. The third-order valence-corrected chi connectivity index (χ3v) is 3.36. The van der Waals surface area contributed by atoms with Crippen LogP contribution in [0.1, 0.15) is 30.6 Å². The van der Waals surface area contributed by atoms with Gasteiger partial charge in [0.05, 0.1) is 17.9 Å². The Balaban J connectivity index is 1.89. The van der Waals surface area contributed by atoms with Crippen LogP contribution in [0.3, 0.4) is 0 Å². The summed E-state index contributed by atoms with van der Waals surface area (Å²) in [6.45, 7) is 5.69. The first-order valence-corrected chi connectivity index (χ1v) is 7.49. The molecule has 0 radical (unpaired) electrons. The van der Waals surface area contributed by atoms with Crippen molar-refractivity contribution in [2.75, 3.05) is 13.6 Å². The van der Waals surface area contributed by atoms with Gasteiger partial charge < -0.3 is 9.88 Å². The Morgan fingerprint density at radius 3 is 2.76 bits per heavy atom. The van der Waals surface area contributed by atoms with Crippen molar-refractivity contribution >= 4 is 0 Å². The molecular formula is C16H25N5. The predicted octanol–water partition coefficient (Wildman–Crippen LogP) is 1.95. The molecule has 2 heterocycles. The normalized spacial score (nSPS) is 11.2. The van der Waals surface area contributed by atoms with Gasteiger partial charge in [0.2, 0.25) is 0 Å². The topological polar surface area (TPSA) is 46.0 Å². The van der Waals surface area contributed by atoms with Crippen LogP contribution in [0.4, 0.5) is 0 Å². The van der Waals surface area contributed by atoms with Crippen LogP contribution in [-0.4, -0.2) is 33.0 Å². The second-order valence-electron chi connectivity index (χ2n) is 5.42. The summed E-state index contributed by atoms with van der Waals surface area (Å²) < 4.78 is 2.05. The van der Waals surface area contributed by atoms with Crippen molar-refractivity contribution in [3.63, 3.8) is 0 Å². The maximum atomic E-state index is 4.70. The fraction of sp³-hybridized carbons (Fsp3) is 0.500. The molecule has 5 heteroatoms. The minimum absolute atomic E-state index is 0.823. The Morgan fingerprint density at radius 1 is 1.24 bits per heavy atom. The molecule has 1 N–H and O–H groups in total. The van der Waals surface area contributed by atoms with E-state index in [0.717, 1.165) is 49.8 Å².